The molecule has 6 nitrogen and oxygen atoms in total. The Labute approximate surface area is 135 Å². The Morgan fingerprint density at radius 1 is 1.50 bits per heavy atom. The second-order valence-electron chi connectivity index (χ2n) is 5.68. The summed E-state index contributed by atoms with van der Waals surface area (Å²) >= 11 is 5.89. The average molecular weight is 328 g/mol. The molecule has 2 heterocycles. The predicted octanol–water partition coefficient (Wildman–Crippen LogP) is 1.29. The Balaban J connectivity index is 1.82. The van der Waals surface area contributed by atoms with E-state index in [0.29, 0.717) is 29.7 Å². The number of esters is 1. The van der Waals surface area contributed by atoms with Gasteiger partial charge >= 0.3 is 5.97 Å². The molecule has 2 rings (SSSR count). The zero-order valence-corrected chi connectivity index (χ0v) is 13.7. The molecule has 1 fully saturated rings. The van der Waals surface area contributed by atoms with Gasteiger partial charge in [0.1, 0.15) is 5.69 Å². The first-order chi connectivity index (χ1) is 10.5. The third kappa shape index (κ3) is 4.48. The molecule has 0 aromatic carbocycles. The smallest absolute Gasteiger partial charge is 0.319 e. The van der Waals surface area contributed by atoms with Crippen molar-refractivity contribution in [3.05, 3.63) is 23.0 Å². The fraction of sp³-hybridized carbons (Fsp3) is 0.600. The van der Waals surface area contributed by atoms with Gasteiger partial charge in [0.2, 0.25) is 0 Å². The van der Waals surface area contributed by atoms with Crippen LogP contribution >= 0.6 is 11.6 Å². The Morgan fingerprint density at radius 3 is 2.91 bits per heavy atom. The highest BCUT2D eigenvalue weighted by Gasteiger charge is 2.22. The molecule has 0 spiro atoms. The summed E-state index contributed by atoms with van der Waals surface area (Å²) in [7, 11) is 3.19. The Hall–Kier alpha value is -1.53. The number of halogens is 1. The van der Waals surface area contributed by atoms with Gasteiger partial charge in [-0.1, -0.05) is 11.6 Å². The monoisotopic (exact) mass is 327 g/mol. The van der Waals surface area contributed by atoms with E-state index in [0.717, 1.165) is 25.9 Å². The molecule has 1 aliphatic heterocycles. The summed E-state index contributed by atoms with van der Waals surface area (Å²) in [4.78, 5) is 25.6. The normalized spacial score (nSPS) is 19.0. The van der Waals surface area contributed by atoms with Crippen LogP contribution in [0.2, 0.25) is 5.02 Å². The lowest BCUT2D eigenvalue weighted by molar-refractivity contribution is -0.142. The van der Waals surface area contributed by atoms with Crippen LogP contribution in [0.1, 0.15) is 23.3 Å². The molecule has 1 amide bonds. The van der Waals surface area contributed by atoms with Crippen molar-refractivity contribution in [2.45, 2.75) is 12.8 Å². The second kappa shape index (κ2) is 7.65. The summed E-state index contributed by atoms with van der Waals surface area (Å²) < 4.78 is 6.40. The zero-order chi connectivity index (χ0) is 16.1. The number of nitrogens with one attached hydrogen (secondary N) is 1. The number of hydrogen-bond donors (Lipinski definition) is 1. The molecule has 1 atom stereocenters. The summed E-state index contributed by atoms with van der Waals surface area (Å²) in [5.41, 5.74) is 0.548. The summed E-state index contributed by atoms with van der Waals surface area (Å²) in [6.45, 7) is 2.60. The van der Waals surface area contributed by atoms with E-state index in [1.807, 2.05) is 0 Å². The lowest BCUT2D eigenvalue weighted by Gasteiger charge is -2.31. The second-order valence-corrected chi connectivity index (χ2v) is 6.12. The molecular formula is C15H22ClN3O3. The van der Waals surface area contributed by atoms with E-state index in [1.165, 1.54) is 7.11 Å². The molecule has 122 valence electrons. The Bertz CT molecular complexity index is 544. The van der Waals surface area contributed by atoms with Gasteiger partial charge in [-0.3, -0.25) is 14.5 Å². The first kappa shape index (κ1) is 16.8. The number of likely N-dealkylation sites (tertiary alicyclic amines) is 1. The van der Waals surface area contributed by atoms with E-state index in [-0.39, 0.29) is 11.9 Å². The van der Waals surface area contributed by atoms with Crippen molar-refractivity contribution in [3.63, 3.8) is 0 Å². The van der Waals surface area contributed by atoms with Crippen LogP contribution in [0.3, 0.4) is 0 Å². The summed E-state index contributed by atoms with van der Waals surface area (Å²) in [5, 5.41) is 3.50. The van der Waals surface area contributed by atoms with E-state index >= 15 is 0 Å². The lowest BCUT2D eigenvalue weighted by atomic mass is 9.98. The first-order valence-electron chi connectivity index (χ1n) is 7.39. The number of aromatic nitrogens is 1. The van der Waals surface area contributed by atoms with Crippen LogP contribution < -0.4 is 5.32 Å². The van der Waals surface area contributed by atoms with Crippen LogP contribution in [0.5, 0.6) is 0 Å². The third-order valence-electron chi connectivity index (χ3n) is 3.94. The molecule has 22 heavy (non-hydrogen) atoms. The topological polar surface area (TPSA) is 63.6 Å². The van der Waals surface area contributed by atoms with Crippen LogP contribution in [0, 0.1) is 5.92 Å². The van der Waals surface area contributed by atoms with Crippen molar-refractivity contribution in [3.8, 4) is 0 Å². The van der Waals surface area contributed by atoms with Gasteiger partial charge in [0.15, 0.2) is 0 Å². The number of carbonyl (C=O) groups excluding carboxylic acids is 2. The fourth-order valence-electron chi connectivity index (χ4n) is 2.79. The highest BCUT2D eigenvalue weighted by Crippen LogP contribution is 2.16. The van der Waals surface area contributed by atoms with Gasteiger partial charge in [0.05, 0.1) is 18.7 Å². The molecule has 1 aliphatic rings. The minimum Gasteiger partial charge on any atom is -0.468 e. The minimum atomic E-state index is -0.219. The molecule has 0 bridgehead atoms. The van der Waals surface area contributed by atoms with Crippen molar-refractivity contribution in [1.82, 2.24) is 14.8 Å². The molecule has 0 aliphatic carbocycles. The van der Waals surface area contributed by atoms with E-state index in [1.54, 1.807) is 23.9 Å². The van der Waals surface area contributed by atoms with E-state index in [4.69, 9.17) is 16.3 Å². The van der Waals surface area contributed by atoms with Crippen molar-refractivity contribution < 1.29 is 14.3 Å². The van der Waals surface area contributed by atoms with E-state index in [9.17, 15) is 9.59 Å². The van der Waals surface area contributed by atoms with Gasteiger partial charge in [0.25, 0.3) is 5.91 Å². The van der Waals surface area contributed by atoms with Gasteiger partial charge in [-0.2, -0.15) is 0 Å². The van der Waals surface area contributed by atoms with E-state index in [2.05, 4.69) is 10.2 Å². The van der Waals surface area contributed by atoms with Crippen LogP contribution in [-0.2, 0) is 16.6 Å². The van der Waals surface area contributed by atoms with Crippen LogP contribution in [-0.4, -0.2) is 54.6 Å². The predicted molar refractivity (Wildman–Crippen MR) is 83.9 cm³/mol. The van der Waals surface area contributed by atoms with Gasteiger partial charge in [0, 0.05) is 26.3 Å². The molecule has 1 N–H and O–H groups in total. The number of methoxy groups -OCH3 is 1. The Kier molecular flexibility index (Phi) is 5.85. The zero-order valence-electron chi connectivity index (χ0n) is 13.0. The largest absolute Gasteiger partial charge is 0.468 e. The fourth-order valence-corrected chi connectivity index (χ4v) is 3.04. The van der Waals surface area contributed by atoms with Crippen molar-refractivity contribution in [2.75, 3.05) is 33.3 Å². The summed E-state index contributed by atoms with van der Waals surface area (Å²) in [6.07, 6.45) is 3.77. The number of carbonyl (C=O) groups is 2. The highest BCUT2D eigenvalue weighted by atomic mass is 35.5. The number of hydrogen-bond acceptors (Lipinski definition) is 4. The molecule has 1 saturated heterocycles. The molecule has 0 unspecified atom stereocenters. The van der Waals surface area contributed by atoms with Gasteiger partial charge in [-0.25, -0.2) is 0 Å². The van der Waals surface area contributed by atoms with Crippen LogP contribution in [0.15, 0.2) is 12.3 Å². The average Bonchev–Trinajstić information content (AvgIpc) is 2.84. The third-order valence-corrected chi connectivity index (χ3v) is 4.15. The van der Waals surface area contributed by atoms with Crippen molar-refractivity contribution in [2.24, 2.45) is 13.0 Å². The molecule has 0 saturated carbocycles. The Morgan fingerprint density at radius 2 is 2.27 bits per heavy atom. The number of amides is 1. The number of nitrogens with zero attached hydrogens (tertiary/aromatic N) is 2. The van der Waals surface area contributed by atoms with E-state index < -0.39 is 0 Å². The number of rotatable bonds is 5. The van der Waals surface area contributed by atoms with Crippen molar-refractivity contribution >= 4 is 23.5 Å². The minimum absolute atomic E-state index is 0.125. The van der Waals surface area contributed by atoms with Gasteiger partial charge in [-0.05, 0) is 31.4 Å². The number of ether oxygens (including phenoxy) is 1. The number of aryl methyl sites for hydroxylation is 1. The quantitative estimate of drug-likeness (QED) is 0.828. The summed E-state index contributed by atoms with van der Waals surface area (Å²) in [6, 6.07) is 1.65. The van der Waals surface area contributed by atoms with Gasteiger partial charge < -0.3 is 14.6 Å². The SMILES string of the molecule is COC(=O)CN1CCC[C@H](CNC(=O)c2cc(Cl)cn2C)C1. The van der Waals surface area contributed by atoms with Crippen LogP contribution in [0.25, 0.3) is 0 Å². The molecule has 1 aromatic heterocycles. The lowest BCUT2D eigenvalue weighted by Crippen LogP contribution is -2.43. The standard InChI is InChI=1S/C15H22ClN3O3/c1-18-9-12(16)6-13(18)15(21)17-7-11-4-3-5-19(8-11)10-14(20)22-2/h6,9,11H,3-5,7-8,10H2,1-2H3,(H,17,21)/t11-/m1/s1. The van der Waals surface area contributed by atoms with Crippen LogP contribution in [0.4, 0.5) is 0 Å². The summed E-state index contributed by atoms with van der Waals surface area (Å²) in [5.74, 6) is 0.000672. The maximum Gasteiger partial charge on any atom is 0.319 e. The first-order valence-corrected chi connectivity index (χ1v) is 7.76. The number of piperidine rings is 1. The molecule has 1 aromatic rings. The molecule has 7 heteroatoms. The maximum atomic E-state index is 12.1. The molecular weight excluding hydrogens is 306 g/mol. The van der Waals surface area contributed by atoms with Gasteiger partial charge in [-0.15, -0.1) is 0 Å². The maximum absolute atomic E-state index is 12.1. The molecule has 0 radical (unpaired) electrons. The highest BCUT2D eigenvalue weighted by molar-refractivity contribution is 6.31. The van der Waals surface area contributed by atoms with Crippen molar-refractivity contribution in [1.29, 1.82) is 0 Å².